The molecule has 0 bridgehead atoms. The Hall–Kier alpha value is -3.81. The van der Waals surface area contributed by atoms with Crippen LogP contribution in [0.2, 0.25) is 0 Å². The van der Waals surface area contributed by atoms with Gasteiger partial charge in [0.1, 0.15) is 6.04 Å². The molecule has 8 heteroatoms. The van der Waals surface area contributed by atoms with E-state index in [1.165, 1.54) is 39.4 Å². The number of para-hydroxylation sites is 1. The molecule has 0 saturated carbocycles. The molecule has 2 atom stereocenters. The maximum Gasteiger partial charge on any atom is 0.329 e. The van der Waals surface area contributed by atoms with Crippen LogP contribution in [0.15, 0.2) is 48.5 Å². The first-order valence-corrected chi connectivity index (χ1v) is 9.92. The number of anilines is 1. The number of benzene rings is 2. The van der Waals surface area contributed by atoms with Crippen molar-refractivity contribution in [3.8, 4) is 11.5 Å². The highest BCUT2D eigenvalue weighted by molar-refractivity contribution is 6.09. The molecule has 2 aromatic rings. The highest BCUT2D eigenvalue weighted by Crippen LogP contribution is 2.35. The summed E-state index contributed by atoms with van der Waals surface area (Å²) in [5.41, 5.74) is 2.00. The maximum absolute atomic E-state index is 13.3. The van der Waals surface area contributed by atoms with Gasteiger partial charge in [-0.25, -0.2) is 4.79 Å². The van der Waals surface area contributed by atoms with Crippen molar-refractivity contribution in [3.05, 3.63) is 59.7 Å². The zero-order chi connectivity index (χ0) is 23.3. The van der Waals surface area contributed by atoms with Crippen LogP contribution in [-0.4, -0.2) is 52.3 Å². The molecule has 1 aliphatic rings. The molecule has 168 valence electrons. The van der Waals surface area contributed by atoms with Crippen LogP contribution in [0.1, 0.15) is 11.1 Å². The van der Waals surface area contributed by atoms with Crippen molar-refractivity contribution in [1.29, 1.82) is 0 Å². The van der Waals surface area contributed by atoms with Crippen LogP contribution in [0.5, 0.6) is 11.5 Å². The Morgan fingerprint density at radius 2 is 1.59 bits per heavy atom. The van der Waals surface area contributed by atoms with E-state index in [1.807, 2.05) is 12.1 Å². The van der Waals surface area contributed by atoms with Crippen LogP contribution >= 0.6 is 0 Å². The molecule has 1 aliphatic heterocycles. The number of hydrogen-bond donors (Lipinski definition) is 0. The van der Waals surface area contributed by atoms with Crippen LogP contribution in [-0.2, 0) is 30.3 Å². The number of hydrogen-bond acceptors (Lipinski definition) is 7. The summed E-state index contributed by atoms with van der Waals surface area (Å²) in [6.07, 6.45) is 3.20. The number of carbonyl (C=O) groups is 3. The Balaban J connectivity index is 2.01. The molecule has 0 radical (unpaired) electrons. The molecule has 0 aliphatic carbocycles. The third-order valence-corrected chi connectivity index (χ3v) is 5.36. The fourth-order valence-electron chi connectivity index (χ4n) is 3.81. The van der Waals surface area contributed by atoms with Gasteiger partial charge in [0.05, 0.1) is 34.4 Å². The molecular formula is C24H25NO7. The van der Waals surface area contributed by atoms with Crippen LogP contribution in [0.25, 0.3) is 6.08 Å². The van der Waals surface area contributed by atoms with Gasteiger partial charge in [0.2, 0.25) is 0 Å². The van der Waals surface area contributed by atoms with Gasteiger partial charge in [0, 0.05) is 11.8 Å². The molecule has 2 unspecified atom stereocenters. The van der Waals surface area contributed by atoms with Crippen LogP contribution < -0.4 is 14.4 Å². The minimum atomic E-state index is -1.15. The highest BCUT2D eigenvalue weighted by atomic mass is 16.5. The Morgan fingerprint density at radius 1 is 0.906 bits per heavy atom. The lowest BCUT2D eigenvalue weighted by Crippen LogP contribution is -2.55. The molecule has 1 amide bonds. The zero-order valence-corrected chi connectivity index (χ0v) is 18.4. The summed E-state index contributed by atoms with van der Waals surface area (Å²) in [6.45, 7) is 0. The quantitative estimate of drug-likeness (QED) is 0.505. The average molecular weight is 439 g/mol. The first-order valence-electron chi connectivity index (χ1n) is 9.92. The van der Waals surface area contributed by atoms with Gasteiger partial charge in [-0.3, -0.25) is 14.5 Å². The molecular weight excluding hydrogens is 414 g/mol. The zero-order valence-electron chi connectivity index (χ0n) is 18.4. The minimum Gasteiger partial charge on any atom is -0.493 e. The van der Waals surface area contributed by atoms with E-state index in [-0.39, 0.29) is 6.42 Å². The van der Waals surface area contributed by atoms with Gasteiger partial charge in [-0.05, 0) is 41.8 Å². The fourth-order valence-corrected chi connectivity index (χ4v) is 3.81. The number of ether oxygens (including phenoxy) is 4. The Bertz CT molecular complexity index is 1050. The largest absolute Gasteiger partial charge is 0.493 e. The van der Waals surface area contributed by atoms with Gasteiger partial charge in [-0.15, -0.1) is 0 Å². The predicted molar refractivity (Wildman–Crippen MR) is 118 cm³/mol. The molecule has 0 saturated heterocycles. The standard InChI is InChI=1S/C24H25NO7/c1-29-19-11-9-15(13-20(19)30-2)10-12-21(26)25-18-8-6-5-7-16(18)14-17(23(27)31-3)22(25)24(28)32-4/h5-13,17,22H,14H2,1-4H3. The van der Waals surface area contributed by atoms with Crippen molar-refractivity contribution in [2.75, 3.05) is 33.3 Å². The predicted octanol–water partition coefficient (Wildman–Crippen LogP) is 2.64. The van der Waals surface area contributed by atoms with E-state index in [9.17, 15) is 14.4 Å². The van der Waals surface area contributed by atoms with Crippen LogP contribution in [0, 0.1) is 5.92 Å². The van der Waals surface area contributed by atoms with E-state index in [0.717, 1.165) is 5.56 Å². The van der Waals surface area contributed by atoms with E-state index < -0.39 is 29.8 Å². The van der Waals surface area contributed by atoms with Crippen molar-refractivity contribution in [3.63, 3.8) is 0 Å². The summed E-state index contributed by atoms with van der Waals surface area (Å²) in [4.78, 5) is 39.8. The monoisotopic (exact) mass is 439 g/mol. The van der Waals surface area contributed by atoms with Gasteiger partial charge in [-0.2, -0.15) is 0 Å². The van der Waals surface area contributed by atoms with Gasteiger partial charge in [0.15, 0.2) is 11.5 Å². The minimum absolute atomic E-state index is 0.256. The summed E-state index contributed by atoms with van der Waals surface area (Å²) < 4.78 is 20.4. The summed E-state index contributed by atoms with van der Waals surface area (Å²) in [5, 5.41) is 0. The smallest absolute Gasteiger partial charge is 0.329 e. The lowest BCUT2D eigenvalue weighted by atomic mass is 9.85. The van der Waals surface area contributed by atoms with Crippen molar-refractivity contribution in [2.24, 2.45) is 5.92 Å². The van der Waals surface area contributed by atoms with Crippen LogP contribution in [0.4, 0.5) is 5.69 Å². The second-order valence-electron chi connectivity index (χ2n) is 7.09. The molecule has 8 nitrogen and oxygen atoms in total. The third kappa shape index (κ3) is 4.44. The SMILES string of the molecule is COC(=O)C1Cc2ccccc2N(C(=O)C=Cc2ccc(OC)c(OC)c2)C1C(=O)OC. The normalized spacial score (nSPS) is 17.4. The number of amides is 1. The first kappa shape index (κ1) is 22.9. The molecule has 0 fully saturated rings. The van der Waals surface area contributed by atoms with Crippen molar-refractivity contribution in [1.82, 2.24) is 0 Å². The van der Waals surface area contributed by atoms with Crippen molar-refractivity contribution >= 4 is 29.6 Å². The van der Waals surface area contributed by atoms with Crippen LogP contribution in [0.3, 0.4) is 0 Å². The second-order valence-corrected chi connectivity index (χ2v) is 7.09. The number of carbonyl (C=O) groups excluding carboxylic acids is 3. The van der Waals surface area contributed by atoms with Crippen molar-refractivity contribution < 1.29 is 33.3 Å². The van der Waals surface area contributed by atoms with E-state index in [0.29, 0.717) is 22.7 Å². The molecule has 3 rings (SSSR count). The summed E-state index contributed by atoms with van der Waals surface area (Å²) in [6, 6.07) is 11.2. The summed E-state index contributed by atoms with van der Waals surface area (Å²) >= 11 is 0. The van der Waals surface area contributed by atoms with E-state index in [4.69, 9.17) is 18.9 Å². The average Bonchev–Trinajstić information content (AvgIpc) is 2.84. The number of esters is 2. The maximum atomic E-state index is 13.3. The lowest BCUT2D eigenvalue weighted by molar-refractivity contribution is -0.154. The molecule has 1 heterocycles. The highest BCUT2D eigenvalue weighted by Gasteiger charge is 2.46. The number of fused-ring (bicyclic) bond motifs is 1. The van der Waals surface area contributed by atoms with Gasteiger partial charge in [0.25, 0.3) is 5.91 Å². The topological polar surface area (TPSA) is 91.4 Å². The molecule has 0 spiro atoms. The van der Waals surface area contributed by atoms with E-state index in [1.54, 1.807) is 36.4 Å². The number of methoxy groups -OCH3 is 4. The summed E-state index contributed by atoms with van der Waals surface area (Å²) in [5.74, 6) is -1.56. The lowest BCUT2D eigenvalue weighted by Gasteiger charge is -2.38. The fraction of sp³-hybridized carbons (Fsp3) is 0.292. The Labute approximate surface area is 186 Å². The van der Waals surface area contributed by atoms with Gasteiger partial charge >= 0.3 is 11.9 Å². The second kappa shape index (κ2) is 10.00. The molecule has 0 N–H and O–H groups in total. The Morgan fingerprint density at radius 3 is 2.25 bits per heavy atom. The molecule has 0 aromatic heterocycles. The van der Waals surface area contributed by atoms with Gasteiger partial charge in [-0.1, -0.05) is 24.3 Å². The van der Waals surface area contributed by atoms with E-state index in [2.05, 4.69) is 0 Å². The van der Waals surface area contributed by atoms with Gasteiger partial charge < -0.3 is 18.9 Å². The number of rotatable bonds is 6. The summed E-state index contributed by atoms with van der Waals surface area (Å²) in [7, 11) is 5.53. The first-order chi connectivity index (χ1) is 15.4. The van der Waals surface area contributed by atoms with E-state index >= 15 is 0 Å². The number of nitrogens with zero attached hydrogens (tertiary/aromatic N) is 1. The van der Waals surface area contributed by atoms with Crippen molar-refractivity contribution in [2.45, 2.75) is 12.5 Å². The Kier molecular flexibility index (Phi) is 7.14. The third-order valence-electron chi connectivity index (χ3n) is 5.36. The molecule has 2 aromatic carbocycles. The molecule has 32 heavy (non-hydrogen) atoms.